The first-order valence-electron chi connectivity index (χ1n) is 13.4. The van der Waals surface area contributed by atoms with E-state index in [1.807, 2.05) is 56.3 Å². The number of fused-ring (bicyclic) bond motifs is 1. The van der Waals surface area contributed by atoms with Gasteiger partial charge in [0.25, 0.3) is 0 Å². The quantitative estimate of drug-likeness (QED) is 0.318. The van der Waals surface area contributed by atoms with Gasteiger partial charge in [-0.2, -0.15) is 13.2 Å². The number of nitrogens with one attached hydrogen (secondary N) is 1. The van der Waals surface area contributed by atoms with E-state index in [-0.39, 0.29) is 6.54 Å². The van der Waals surface area contributed by atoms with Crippen LogP contribution in [0, 0.1) is 13.8 Å². The number of amides is 2. The average molecular weight is 572 g/mol. The lowest BCUT2D eigenvalue weighted by molar-refractivity contribution is -0.149. The molecule has 3 N–H and O–H groups in total. The summed E-state index contributed by atoms with van der Waals surface area (Å²) in [4.78, 5) is 14.7. The van der Waals surface area contributed by atoms with Crippen LogP contribution in [0.3, 0.4) is 0 Å². The first-order valence-corrected chi connectivity index (χ1v) is 13.4. The molecule has 1 unspecified atom stereocenters. The molecule has 3 aromatic rings. The van der Waals surface area contributed by atoms with Crippen LogP contribution in [0.5, 0.6) is 17.2 Å². The molecule has 1 heterocycles. The van der Waals surface area contributed by atoms with Gasteiger partial charge in [0.15, 0.2) is 11.5 Å². The SMILES string of the molecule is COc1ccc(CCOc2cc3c(cc2OC)CCN(C(=O)N[C@H](C)C(F)(F)F)C3c2ccc(C)cc2C)cc1N. The Morgan fingerprint density at radius 1 is 1.02 bits per heavy atom. The van der Waals surface area contributed by atoms with Gasteiger partial charge in [-0.05, 0) is 79.3 Å². The van der Waals surface area contributed by atoms with E-state index < -0.39 is 24.3 Å². The molecule has 1 aliphatic rings. The van der Waals surface area contributed by atoms with Gasteiger partial charge in [0, 0.05) is 13.0 Å². The monoisotopic (exact) mass is 571 g/mol. The summed E-state index contributed by atoms with van der Waals surface area (Å²) in [7, 11) is 3.12. The smallest absolute Gasteiger partial charge is 0.408 e. The first kappa shape index (κ1) is 29.9. The number of hydrogen-bond donors (Lipinski definition) is 2. The van der Waals surface area contributed by atoms with Crippen LogP contribution in [0.2, 0.25) is 0 Å². The predicted molar refractivity (Wildman–Crippen MR) is 152 cm³/mol. The fraction of sp³-hybridized carbons (Fsp3) is 0.387. The zero-order valence-electron chi connectivity index (χ0n) is 23.9. The Morgan fingerprint density at radius 3 is 2.39 bits per heavy atom. The highest BCUT2D eigenvalue weighted by Gasteiger charge is 2.40. The third-order valence-corrected chi connectivity index (χ3v) is 7.41. The van der Waals surface area contributed by atoms with Crippen molar-refractivity contribution in [2.45, 2.75) is 51.9 Å². The summed E-state index contributed by atoms with van der Waals surface area (Å²) in [6, 6.07) is 11.8. The summed E-state index contributed by atoms with van der Waals surface area (Å²) in [6.07, 6.45) is -3.54. The molecule has 0 saturated heterocycles. The summed E-state index contributed by atoms with van der Waals surface area (Å²) in [5.41, 5.74) is 12.1. The molecular weight excluding hydrogens is 535 g/mol. The number of rotatable bonds is 8. The zero-order valence-corrected chi connectivity index (χ0v) is 23.9. The topological polar surface area (TPSA) is 86.0 Å². The van der Waals surface area contributed by atoms with Gasteiger partial charge in [-0.25, -0.2) is 4.79 Å². The Balaban J connectivity index is 1.68. The Kier molecular flexibility index (Phi) is 8.89. The second-order valence-electron chi connectivity index (χ2n) is 10.3. The number of halogens is 3. The molecule has 10 heteroatoms. The molecule has 0 fully saturated rings. The van der Waals surface area contributed by atoms with Gasteiger partial charge in [-0.15, -0.1) is 0 Å². The van der Waals surface area contributed by atoms with Crippen LogP contribution < -0.4 is 25.3 Å². The second-order valence-corrected chi connectivity index (χ2v) is 10.3. The van der Waals surface area contributed by atoms with E-state index in [0.29, 0.717) is 42.4 Å². The third-order valence-electron chi connectivity index (χ3n) is 7.41. The molecular formula is C31H36F3N3O4. The molecule has 1 aliphatic heterocycles. The van der Waals surface area contributed by atoms with E-state index in [0.717, 1.165) is 40.3 Å². The molecule has 220 valence electrons. The van der Waals surface area contributed by atoms with Crippen LogP contribution in [-0.2, 0) is 12.8 Å². The number of nitrogen functional groups attached to an aromatic ring is 1. The number of nitrogens with zero attached hydrogens (tertiary/aromatic N) is 1. The Labute approximate surface area is 238 Å². The Bertz CT molecular complexity index is 1410. The lowest BCUT2D eigenvalue weighted by atomic mass is 9.85. The van der Waals surface area contributed by atoms with Crippen molar-refractivity contribution < 1.29 is 32.2 Å². The van der Waals surface area contributed by atoms with Crippen LogP contribution in [0.4, 0.5) is 23.7 Å². The van der Waals surface area contributed by atoms with Crippen molar-refractivity contribution in [1.82, 2.24) is 10.2 Å². The lowest BCUT2D eigenvalue weighted by Crippen LogP contribution is -2.52. The van der Waals surface area contributed by atoms with Gasteiger partial charge in [0.2, 0.25) is 0 Å². The number of methoxy groups -OCH3 is 2. The van der Waals surface area contributed by atoms with Crippen molar-refractivity contribution in [3.63, 3.8) is 0 Å². The summed E-state index contributed by atoms with van der Waals surface area (Å²) < 4.78 is 56.9. The number of aryl methyl sites for hydroxylation is 2. The average Bonchev–Trinajstić information content (AvgIpc) is 2.92. The number of ether oxygens (including phenoxy) is 3. The molecule has 0 bridgehead atoms. The van der Waals surface area contributed by atoms with Crippen LogP contribution >= 0.6 is 0 Å². The Hall–Kier alpha value is -4.08. The second kappa shape index (κ2) is 12.2. The van der Waals surface area contributed by atoms with Gasteiger partial charge in [0.1, 0.15) is 11.8 Å². The number of alkyl halides is 3. The van der Waals surface area contributed by atoms with Crippen molar-refractivity contribution in [2.75, 3.05) is 33.1 Å². The highest BCUT2D eigenvalue weighted by atomic mass is 19.4. The van der Waals surface area contributed by atoms with Crippen molar-refractivity contribution in [1.29, 1.82) is 0 Å². The number of anilines is 1. The van der Waals surface area contributed by atoms with Crippen LogP contribution in [0.1, 0.15) is 46.3 Å². The van der Waals surface area contributed by atoms with E-state index in [1.165, 1.54) is 4.90 Å². The van der Waals surface area contributed by atoms with E-state index in [1.54, 1.807) is 20.3 Å². The first-order chi connectivity index (χ1) is 19.4. The minimum absolute atomic E-state index is 0.240. The van der Waals surface area contributed by atoms with Gasteiger partial charge in [-0.3, -0.25) is 0 Å². The van der Waals surface area contributed by atoms with Crippen LogP contribution in [-0.4, -0.2) is 50.5 Å². The van der Waals surface area contributed by atoms with Crippen molar-refractivity contribution >= 4 is 11.7 Å². The van der Waals surface area contributed by atoms with E-state index in [2.05, 4.69) is 5.32 Å². The highest BCUT2D eigenvalue weighted by molar-refractivity contribution is 5.77. The van der Waals surface area contributed by atoms with E-state index in [4.69, 9.17) is 19.9 Å². The molecule has 0 spiro atoms. The minimum atomic E-state index is -4.55. The number of benzene rings is 3. The molecule has 0 aliphatic carbocycles. The van der Waals surface area contributed by atoms with Gasteiger partial charge in [-0.1, -0.05) is 29.8 Å². The van der Waals surface area contributed by atoms with E-state index >= 15 is 0 Å². The number of carbonyl (C=O) groups excluding carboxylic acids is 1. The largest absolute Gasteiger partial charge is 0.495 e. The maximum atomic E-state index is 13.3. The summed E-state index contributed by atoms with van der Waals surface area (Å²) in [5.74, 6) is 1.62. The molecule has 3 aromatic carbocycles. The maximum Gasteiger partial charge on any atom is 0.408 e. The number of urea groups is 1. The van der Waals surface area contributed by atoms with Crippen LogP contribution in [0.25, 0.3) is 0 Å². The predicted octanol–water partition coefficient (Wildman–Crippen LogP) is 6.13. The van der Waals surface area contributed by atoms with E-state index in [9.17, 15) is 18.0 Å². The molecule has 41 heavy (non-hydrogen) atoms. The molecule has 0 aromatic heterocycles. The molecule has 7 nitrogen and oxygen atoms in total. The molecule has 2 atom stereocenters. The minimum Gasteiger partial charge on any atom is -0.495 e. The third kappa shape index (κ3) is 6.64. The highest BCUT2D eigenvalue weighted by Crippen LogP contribution is 2.42. The normalized spacial score (nSPS) is 15.6. The lowest BCUT2D eigenvalue weighted by Gasteiger charge is -2.39. The van der Waals surface area contributed by atoms with Gasteiger partial charge < -0.3 is 30.2 Å². The fourth-order valence-corrected chi connectivity index (χ4v) is 5.15. The van der Waals surface area contributed by atoms with Crippen molar-refractivity contribution in [3.05, 3.63) is 81.9 Å². The number of hydrogen-bond acceptors (Lipinski definition) is 5. The van der Waals surface area contributed by atoms with Gasteiger partial charge >= 0.3 is 12.2 Å². The zero-order chi connectivity index (χ0) is 29.9. The molecule has 0 saturated carbocycles. The number of carbonyl (C=O) groups is 1. The summed E-state index contributed by atoms with van der Waals surface area (Å²) in [6.45, 7) is 5.40. The summed E-state index contributed by atoms with van der Waals surface area (Å²) >= 11 is 0. The van der Waals surface area contributed by atoms with Crippen molar-refractivity contribution in [2.24, 2.45) is 0 Å². The fourth-order valence-electron chi connectivity index (χ4n) is 5.15. The molecule has 0 radical (unpaired) electrons. The Morgan fingerprint density at radius 2 is 1.76 bits per heavy atom. The maximum absolute atomic E-state index is 13.3. The van der Waals surface area contributed by atoms with Crippen molar-refractivity contribution in [3.8, 4) is 17.2 Å². The number of nitrogens with two attached hydrogens (primary N) is 1. The molecule has 4 rings (SSSR count). The van der Waals surface area contributed by atoms with Crippen LogP contribution in [0.15, 0.2) is 48.5 Å². The molecule has 2 amide bonds. The standard InChI is InChI=1S/C31H36F3N3O4/c1-18-6-8-23(19(2)14-18)29-24-17-28(41-13-11-21-7-9-26(39-4)25(35)15-21)27(40-5)16-22(24)10-12-37(29)30(38)36-20(3)31(32,33)34/h6-9,14-17,20,29H,10-13,35H2,1-5H3,(H,36,38)/t20-,29?/m1/s1. The van der Waals surface area contributed by atoms with Gasteiger partial charge in [0.05, 0.1) is 32.6 Å². The summed E-state index contributed by atoms with van der Waals surface area (Å²) in [5, 5.41) is 2.14.